The van der Waals surface area contributed by atoms with E-state index in [1.54, 1.807) is 0 Å². The summed E-state index contributed by atoms with van der Waals surface area (Å²) in [6.45, 7) is 5.72. The first-order valence-electron chi connectivity index (χ1n) is 5.12. The molecule has 0 aromatic rings. The van der Waals surface area contributed by atoms with E-state index in [0.29, 0.717) is 0 Å². The lowest BCUT2D eigenvalue weighted by Gasteiger charge is -2.20. The zero-order chi connectivity index (χ0) is 9.94. The third-order valence-corrected chi connectivity index (χ3v) is 2.92. The SMILES string of the molecule is CCCCN(CCCl)CCCSC. The summed E-state index contributed by atoms with van der Waals surface area (Å²) in [6.07, 6.45) is 6.04. The summed E-state index contributed by atoms with van der Waals surface area (Å²) in [7, 11) is 0. The predicted octanol–water partition coefficient (Wildman–Crippen LogP) is 3.08. The molecule has 0 N–H and O–H groups in total. The van der Waals surface area contributed by atoms with Gasteiger partial charge in [-0.1, -0.05) is 13.3 Å². The number of unbranched alkanes of at least 4 members (excludes halogenated alkanes) is 1. The Morgan fingerprint density at radius 2 is 1.85 bits per heavy atom. The molecule has 13 heavy (non-hydrogen) atoms. The van der Waals surface area contributed by atoms with Crippen LogP contribution >= 0.6 is 23.4 Å². The fourth-order valence-corrected chi connectivity index (χ4v) is 1.93. The van der Waals surface area contributed by atoms with Gasteiger partial charge in [-0.2, -0.15) is 11.8 Å². The van der Waals surface area contributed by atoms with E-state index >= 15 is 0 Å². The summed E-state index contributed by atoms with van der Waals surface area (Å²) >= 11 is 7.67. The number of alkyl halides is 1. The average molecular weight is 224 g/mol. The van der Waals surface area contributed by atoms with Crippen molar-refractivity contribution in [3.8, 4) is 0 Å². The van der Waals surface area contributed by atoms with Gasteiger partial charge in [-0.3, -0.25) is 0 Å². The van der Waals surface area contributed by atoms with Crippen LogP contribution in [0.3, 0.4) is 0 Å². The van der Waals surface area contributed by atoms with Crippen molar-refractivity contribution in [3.05, 3.63) is 0 Å². The third-order valence-electron chi connectivity index (χ3n) is 2.05. The minimum Gasteiger partial charge on any atom is -0.302 e. The van der Waals surface area contributed by atoms with E-state index in [1.807, 2.05) is 11.8 Å². The second-order valence-electron chi connectivity index (χ2n) is 3.23. The molecule has 0 saturated heterocycles. The van der Waals surface area contributed by atoms with Crippen LogP contribution in [-0.4, -0.2) is 42.4 Å². The number of nitrogens with zero attached hydrogens (tertiary/aromatic N) is 1. The molecular formula is C10H22ClNS. The molecule has 0 aromatic carbocycles. The Hall–Kier alpha value is 0.600. The molecule has 0 bridgehead atoms. The first kappa shape index (κ1) is 13.6. The minimum absolute atomic E-state index is 0.767. The Bertz CT molecular complexity index is 101. The van der Waals surface area contributed by atoms with Crippen molar-refractivity contribution >= 4 is 23.4 Å². The Kier molecular flexibility index (Phi) is 11.2. The summed E-state index contributed by atoms with van der Waals surface area (Å²) in [5.41, 5.74) is 0. The van der Waals surface area contributed by atoms with Crippen molar-refractivity contribution < 1.29 is 0 Å². The van der Waals surface area contributed by atoms with Crippen LogP contribution in [0.15, 0.2) is 0 Å². The molecular weight excluding hydrogens is 202 g/mol. The van der Waals surface area contributed by atoms with Crippen LogP contribution in [0, 0.1) is 0 Å². The van der Waals surface area contributed by atoms with Gasteiger partial charge in [-0.05, 0) is 37.9 Å². The maximum Gasteiger partial charge on any atom is 0.0351 e. The van der Waals surface area contributed by atoms with E-state index in [9.17, 15) is 0 Å². The Morgan fingerprint density at radius 1 is 1.15 bits per heavy atom. The van der Waals surface area contributed by atoms with E-state index in [1.165, 1.54) is 38.1 Å². The summed E-state index contributed by atoms with van der Waals surface area (Å²) in [4.78, 5) is 2.48. The molecule has 0 aliphatic carbocycles. The van der Waals surface area contributed by atoms with Gasteiger partial charge in [0.05, 0.1) is 0 Å². The minimum atomic E-state index is 0.767. The molecule has 3 heteroatoms. The summed E-state index contributed by atoms with van der Waals surface area (Å²) in [5.74, 6) is 2.04. The number of thioether (sulfide) groups is 1. The molecule has 0 atom stereocenters. The van der Waals surface area contributed by atoms with Crippen molar-refractivity contribution in [2.24, 2.45) is 0 Å². The smallest absolute Gasteiger partial charge is 0.0351 e. The lowest BCUT2D eigenvalue weighted by Crippen LogP contribution is -2.28. The number of rotatable bonds is 9. The van der Waals surface area contributed by atoms with Crippen LogP contribution in [0.1, 0.15) is 26.2 Å². The van der Waals surface area contributed by atoms with Gasteiger partial charge in [0.1, 0.15) is 0 Å². The zero-order valence-corrected chi connectivity index (χ0v) is 10.5. The van der Waals surface area contributed by atoms with Crippen LogP contribution in [-0.2, 0) is 0 Å². The van der Waals surface area contributed by atoms with Crippen molar-refractivity contribution in [2.75, 3.05) is 37.5 Å². The molecule has 0 unspecified atom stereocenters. The monoisotopic (exact) mass is 223 g/mol. The quantitative estimate of drug-likeness (QED) is 0.437. The molecule has 1 nitrogen and oxygen atoms in total. The highest BCUT2D eigenvalue weighted by Crippen LogP contribution is 2.01. The maximum absolute atomic E-state index is 5.74. The number of hydrogen-bond donors (Lipinski definition) is 0. The molecule has 0 heterocycles. The highest BCUT2D eigenvalue weighted by Gasteiger charge is 2.02. The molecule has 0 radical (unpaired) electrons. The fourth-order valence-electron chi connectivity index (χ4n) is 1.27. The van der Waals surface area contributed by atoms with Gasteiger partial charge in [0, 0.05) is 12.4 Å². The Balaban J connectivity index is 3.41. The molecule has 0 amide bonds. The first-order valence-corrected chi connectivity index (χ1v) is 7.05. The average Bonchev–Trinajstić information content (AvgIpc) is 2.14. The van der Waals surface area contributed by atoms with Crippen molar-refractivity contribution in [3.63, 3.8) is 0 Å². The van der Waals surface area contributed by atoms with Gasteiger partial charge in [-0.15, -0.1) is 11.6 Å². The molecule has 0 spiro atoms. The molecule has 0 aromatic heterocycles. The largest absolute Gasteiger partial charge is 0.302 e. The highest BCUT2D eigenvalue weighted by atomic mass is 35.5. The molecule has 0 aliphatic heterocycles. The van der Waals surface area contributed by atoms with E-state index in [4.69, 9.17) is 11.6 Å². The van der Waals surface area contributed by atoms with Crippen LogP contribution in [0.2, 0.25) is 0 Å². The number of halogens is 1. The molecule has 0 fully saturated rings. The van der Waals surface area contributed by atoms with E-state index in [-0.39, 0.29) is 0 Å². The van der Waals surface area contributed by atoms with Gasteiger partial charge < -0.3 is 4.90 Å². The van der Waals surface area contributed by atoms with Crippen molar-refractivity contribution in [2.45, 2.75) is 26.2 Å². The fraction of sp³-hybridized carbons (Fsp3) is 1.00. The Morgan fingerprint density at radius 3 is 2.38 bits per heavy atom. The van der Waals surface area contributed by atoms with Gasteiger partial charge in [0.15, 0.2) is 0 Å². The van der Waals surface area contributed by atoms with E-state index in [2.05, 4.69) is 18.1 Å². The van der Waals surface area contributed by atoms with Crippen LogP contribution in [0.5, 0.6) is 0 Å². The lowest BCUT2D eigenvalue weighted by molar-refractivity contribution is 0.286. The van der Waals surface area contributed by atoms with Crippen LogP contribution in [0.4, 0.5) is 0 Å². The molecule has 0 rings (SSSR count). The zero-order valence-electron chi connectivity index (χ0n) is 8.89. The predicted molar refractivity (Wildman–Crippen MR) is 65.1 cm³/mol. The lowest BCUT2D eigenvalue weighted by atomic mass is 10.3. The molecule has 0 aliphatic rings. The summed E-state index contributed by atoms with van der Waals surface area (Å²) < 4.78 is 0. The molecule has 0 saturated carbocycles. The third kappa shape index (κ3) is 8.92. The first-order chi connectivity index (χ1) is 6.35. The highest BCUT2D eigenvalue weighted by molar-refractivity contribution is 7.98. The Labute approximate surface area is 92.2 Å². The summed E-state index contributed by atoms with van der Waals surface area (Å²) in [6, 6.07) is 0. The maximum atomic E-state index is 5.74. The number of hydrogen-bond acceptors (Lipinski definition) is 2. The second kappa shape index (κ2) is 10.7. The van der Waals surface area contributed by atoms with E-state index in [0.717, 1.165) is 12.4 Å². The van der Waals surface area contributed by atoms with Crippen molar-refractivity contribution in [1.29, 1.82) is 0 Å². The topological polar surface area (TPSA) is 3.24 Å². The van der Waals surface area contributed by atoms with Gasteiger partial charge >= 0.3 is 0 Å². The standard InChI is InChI=1S/C10H22ClNS/c1-3-4-7-12(9-6-11)8-5-10-13-2/h3-10H2,1-2H3. The van der Waals surface area contributed by atoms with Gasteiger partial charge in [0.2, 0.25) is 0 Å². The van der Waals surface area contributed by atoms with Crippen molar-refractivity contribution in [1.82, 2.24) is 4.90 Å². The van der Waals surface area contributed by atoms with Crippen LogP contribution < -0.4 is 0 Å². The molecule has 80 valence electrons. The van der Waals surface area contributed by atoms with Gasteiger partial charge in [0.25, 0.3) is 0 Å². The van der Waals surface area contributed by atoms with E-state index < -0.39 is 0 Å². The van der Waals surface area contributed by atoms with Crippen LogP contribution in [0.25, 0.3) is 0 Å². The normalized spacial score (nSPS) is 11.1. The van der Waals surface area contributed by atoms with Gasteiger partial charge in [-0.25, -0.2) is 0 Å². The summed E-state index contributed by atoms with van der Waals surface area (Å²) in [5, 5.41) is 0. The second-order valence-corrected chi connectivity index (χ2v) is 4.59.